The highest BCUT2D eigenvalue weighted by Crippen LogP contribution is 2.15. The second-order valence-electron chi connectivity index (χ2n) is 5.92. The van der Waals surface area contributed by atoms with Gasteiger partial charge in [0.15, 0.2) is 15.8 Å². The standard InChI is InChI=1S/C17H24N4O2S2/c1-12-13(2)24-16(21-12)10-20-17(18-3)19-9-14-5-7-15(8-6-14)11-25(4,22)23/h5-8H,9-11H2,1-4H3,(H2,18,19,20). The molecule has 6 nitrogen and oxygen atoms in total. The highest BCUT2D eigenvalue weighted by atomic mass is 32.2. The summed E-state index contributed by atoms with van der Waals surface area (Å²) in [5.41, 5.74) is 2.92. The molecule has 0 unspecified atom stereocenters. The summed E-state index contributed by atoms with van der Waals surface area (Å²) in [7, 11) is -1.28. The van der Waals surface area contributed by atoms with Crippen LogP contribution in [0.2, 0.25) is 0 Å². The van der Waals surface area contributed by atoms with Crippen molar-refractivity contribution < 1.29 is 8.42 Å². The molecule has 0 atom stereocenters. The van der Waals surface area contributed by atoms with Crippen LogP contribution in [0, 0.1) is 13.8 Å². The van der Waals surface area contributed by atoms with Gasteiger partial charge in [-0.2, -0.15) is 0 Å². The van der Waals surface area contributed by atoms with Crippen molar-refractivity contribution in [2.75, 3.05) is 13.3 Å². The Morgan fingerprint density at radius 3 is 2.24 bits per heavy atom. The van der Waals surface area contributed by atoms with Crippen molar-refractivity contribution in [1.82, 2.24) is 15.6 Å². The molecule has 2 aromatic rings. The summed E-state index contributed by atoms with van der Waals surface area (Å²) in [5.74, 6) is 0.766. The highest BCUT2D eigenvalue weighted by molar-refractivity contribution is 7.89. The van der Waals surface area contributed by atoms with Gasteiger partial charge in [-0.05, 0) is 25.0 Å². The van der Waals surface area contributed by atoms with E-state index in [1.54, 1.807) is 18.4 Å². The number of guanidine groups is 1. The first-order chi connectivity index (χ1) is 11.8. The van der Waals surface area contributed by atoms with Gasteiger partial charge in [0, 0.05) is 24.7 Å². The molecule has 0 saturated carbocycles. The van der Waals surface area contributed by atoms with Gasteiger partial charge in [0.25, 0.3) is 0 Å². The molecule has 0 bridgehead atoms. The van der Waals surface area contributed by atoms with Crippen LogP contribution in [0.3, 0.4) is 0 Å². The molecule has 0 aliphatic heterocycles. The quantitative estimate of drug-likeness (QED) is 0.593. The van der Waals surface area contributed by atoms with Crippen LogP contribution in [0.5, 0.6) is 0 Å². The molecular formula is C17H24N4O2S2. The number of aryl methyl sites for hydroxylation is 2. The first kappa shape index (κ1) is 19.4. The van der Waals surface area contributed by atoms with Gasteiger partial charge in [-0.1, -0.05) is 24.3 Å². The van der Waals surface area contributed by atoms with E-state index in [0.717, 1.165) is 21.8 Å². The van der Waals surface area contributed by atoms with Crippen molar-refractivity contribution in [3.05, 3.63) is 51.0 Å². The fraction of sp³-hybridized carbons (Fsp3) is 0.412. The van der Waals surface area contributed by atoms with Gasteiger partial charge in [0.2, 0.25) is 0 Å². The van der Waals surface area contributed by atoms with Crippen LogP contribution in [-0.2, 0) is 28.7 Å². The van der Waals surface area contributed by atoms with E-state index in [2.05, 4.69) is 27.5 Å². The maximum Gasteiger partial charge on any atom is 0.191 e. The molecular weight excluding hydrogens is 356 g/mol. The van der Waals surface area contributed by atoms with E-state index in [-0.39, 0.29) is 5.75 Å². The fourth-order valence-corrected chi connectivity index (χ4v) is 3.91. The normalized spacial score (nSPS) is 12.2. The van der Waals surface area contributed by atoms with Crippen LogP contribution in [0.25, 0.3) is 0 Å². The van der Waals surface area contributed by atoms with Crippen LogP contribution in [0.15, 0.2) is 29.3 Å². The van der Waals surface area contributed by atoms with Gasteiger partial charge in [0.05, 0.1) is 18.0 Å². The minimum Gasteiger partial charge on any atom is -0.352 e. The SMILES string of the molecule is CN=C(NCc1ccc(CS(C)(=O)=O)cc1)NCc1nc(C)c(C)s1. The van der Waals surface area contributed by atoms with E-state index < -0.39 is 9.84 Å². The summed E-state index contributed by atoms with van der Waals surface area (Å²) in [6, 6.07) is 7.54. The molecule has 2 N–H and O–H groups in total. The maximum atomic E-state index is 11.3. The van der Waals surface area contributed by atoms with Crippen molar-refractivity contribution in [1.29, 1.82) is 0 Å². The number of aliphatic imine (C=N–C) groups is 1. The zero-order chi connectivity index (χ0) is 18.4. The van der Waals surface area contributed by atoms with Crippen LogP contribution < -0.4 is 10.6 Å². The molecule has 0 spiro atoms. The van der Waals surface area contributed by atoms with E-state index in [0.29, 0.717) is 19.0 Å². The first-order valence-corrected chi connectivity index (χ1v) is 10.8. The molecule has 0 aliphatic carbocycles. The molecule has 1 heterocycles. The van der Waals surface area contributed by atoms with Gasteiger partial charge in [-0.15, -0.1) is 11.3 Å². The average Bonchev–Trinajstić information content (AvgIpc) is 2.86. The van der Waals surface area contributed by atoms with E-state index in [4.69, 9.17) is 0 Å². The number of rotatable bonds is 6. The van der Waals surface area contributed by atoms with Crippen LogP contribution in [0.4, 0.5) is 0 Å². The molecule has 25 heavy (non-hydrogen) atoms. The lowest BCUT2D eigenvalue weighted by molar-refractivity contribution is 0.601. The molecule has 0 radical (unpaired) electrons. The zero-order valence-electron chi connectivity index (χ0n) is 15.0. The Bertz CT molecular complexity index is 821. The lowest BCUT2D eigenvalue weighted by Crippen LogP contribution is -2.36. The lowest BCUT2D eigenvalue weighted by atomic mass is 10.1. The van der Waals surface area contributed by atoms with E-state index in [9.17, 15) is 8.42 Å². The first-order valence-electron chi connectivity index (χ1n) is 7.90. The predicted molar refractivity (Wildman–Crippen MR) is 104 cm³/mol. The summed E-state index contributed by atoms with van der Waals surface area (Å²) >= 11 is 1.68. The van der Waals surface area contributed by atoms with Gasteiger partial charge < -0.3 is 10.6 Å². The average molecular weight is 381 g/mol. The Labute approximate surface area is 153 Å². The van der Waals surface area contributed by atoms with Crippen molar-refractivity contribution in [3.8, 4) is 0 Å². The Kier molecular flexibility index (Phi) is 6.55. The molecule has 1 aromatic heterocycles. The Morgan fingerprint density at radius 2 is 1.72 bits per heavy atom. The fourth-order valence-electron chi connectivity index (χ4n) is 2.24. The largest absolute Gasteiger partial charge is 0.352 e. The van der Waals surface area contributed by atoms with Gasteiger partial charge in [-0.25, -0.2) is 13.4 Å². The van der Waals surface area contributed by atoms with E-state index in [1.807, 2.05) is 31.2 Å². The second kappa shape index (κ2) is 8.44. The Morgan fingerprint density at radius 1 is 1.12 bits per heavy atom. The van der Waals surface area contributed by atoms with E-state index >= 15 is 0 Å². The third kappa shape index (κ3) is 6.47. The predicted octanol–water partition coefficient (Wildman–Crippen LogP) is 2.17. The third-order valence-corrected chi connectivity index (χ3v) is 5.55. The maximum absolute atomic E-state index is 11.3. The summed E-state index contributed by atoms with van der Waals surface area (Å²) in [4.78, 5) is 9.93. The van der Waals surface area contributed by atoms with Crippen molar-refractivity contribution >= 4 is 27.1 Å². The number of sulfone groups is 1. The lowest BCUT2D eigenvalue weighted by Gasteiger charge is -2.11. The topological polar surface area (TPSA) is 83.5 Å². The Hall–Kier alpha value is -1.93. The smallest absolute Gasteiger partial charge is 0.191 e. The molecule has 2 rings (SSSR count). The third-order valence-electron chi connectivity index (χ3n) is 3.62. The van der Waals surface area contributed by atoms with E-state index in [1.165, 1.54) is 11.1 Å². The number of nitrogens with zero attached hydrogens (tertiary/aromatic N) is 2. The number of hydrogen-bond acceptors (Lipinski definition) is 5. The minimum atomic E-state index is -3.00. The number of nitrogens with one attached hydrogen (secondary N) is 2. The summed E-state index contributed by atoms with van der Waals surface area (Å²) in [5, 5.41) is 7.52. The van der Waals surface area contributed by atoms with Crippen LogP contribution in [0.1, 0.15) is 26.7 Å². The number of benzene rings is 1. The Balaban J connectivity index is 1.86. The minimum absolute atomic E-state index is 0.0661. The summed E-state index contributed by atoms with van der Waals surface area (Å²) in [6.07, 6.45) is 1.24. The number of hydrogen-bond donors (Lipinski definition) is 2. The molecule has 8 heteroatoms. The molecule has 0 fully saturated rings. The van der Waals surface area contributed by atoms with Gasteiger partial charge in [0.1, 0.15) is 5.01 Å². The monoisotopic (exact) mass is 380 g/mol. The van der Waals surface area contributed by atoms with Gasteiger partial charge in [-0.3, -0.25) is 4.99 Å². The van der Waals surface area contributed by atoms with Crippen molar-refractivity contribution in [2.24, 2.45) is 4.99 Å². The zero-order valence-corrected chi connectivity index (χ0v) is 16.6. The molecule has 0 amide bonds. The second-order valence-corrected chi connectivity index (χ2v) is 9.34. The highest BCUT2D eigenvalue weighted by Gasteiger charge is 2.06. The van der Waals surface area contributed by atoms with Crippen molar-refractivity contribution in [3.63, 3.8) is 0 Å². The molecule has 0 saturated heterocycles. The number of thiazole rings is 1. The summed E-state index contributed by atoms with van der Waals surface area (Å²) < 4.78 is 22.6. The van der Waals surface area contributed by atoms with Crippen molar-refractivity contribution in [2.45, 2.75) is 32.7 Å². The molecule has 136 valence electrons. The molecule has 1 aromatic carbocycles. The molecule has 0 aliphatic rings. The number of aromatic nitrogens is 1. The van der Waals surface area contributed by atoms with Gasteiger partial charge >= 0.3 is 0 Å². The van der Waals surface area contributed by atoms with Crippen LogP contribution in [-0.4, -0.2) is 32.7 Å². The summed E-state index contributed by atoms with van der Waals surface area (Å²) in [6.45, 7) is 5.31. The van der Waals surface area contributed by atoms with Crippen LogP contribution >= 0.6 is 11.3 Å².